The number of hydrogen-bond acceptors (Lipinski definition) is 4. The van der Waals surface area contributed by atoms with Gasteiger partial charge in [0.15, 0.2) is 0 Å². The van der Waals surface area contributed by atoms with Crippen molar-refractivity contribution >= 4 is 0 Å². The van der Waals surface area contributed by atoms with Crippen LogP contribution in [0.4, 0.5) is 0 Å². The molecule has 0 aliphatic rings. The smallest absolute Gasteiger partial charge is 0.119 e. The van der Waals surface area contributed by atoms with Crippen LogP contribution >= 0.6 is 0 Å². The Kier molecular flexibility index (Phi) is 4.67. The van der Waals surface area contributed by atoms with Crippen molar-refractivity contribution in [3.63, 3.8) is 0 Å². The van der Waals surface area contributed by atoms with Gasteiger partial charge in [0.25, 0.3) is 0 Å². The monoisotopic (exact) mass is 243 g/mol. The van der Waals surface area contributed by atoms with Crippen LogP contribution in [0.1, 0.15) is 18.1 Å². The van der Waals surface area contributed by atoms with Crippen LogP contribution < -0.4 is 10.1 Å². The Morgan fingerprint density at radius 2 is 1.89 bits per heavy atom. The maximum absolute atomic E-state index is 5.46. The third-order valence-electron chi connectivity index (χ3n) is 2.48. The van der Waals surface area contributed by atoms with Gasteiger partial charge < -0.3 is 10.1 Å². The second-order valence-electron chi connectivity index (χ2n) is 3.93. The van der Waals surface area contributed by atoms with E-state index in [1.807, 2.05) is 31.5 Å². The van der Waals surface area contributed by atoms with Crippen LogP contribution in [-0.2, 0) is 13.1 Å². The molecule has 0 fully saturated rings. The first-order valence-corrected chi connectivity index (χ1v) is 6.05. The molecule has 1 heterocycles. The molecule has 0 saturated carbocycles. The summed E-state index contributed by atoms with van der Waals surface area (Å²) >= 11 is 0. The molecule has 0 spiro atoms. The number of rotatable bonds is 6. The van der Waals surface area contributed by atoms with Gasteiger partial charge in [-0.3, -0.25) is 0 Å². The lowest BCUT2D eigenvalue weighted by Gasteiger charge is -2.07. The maximum atomic E-state index is 5.46. The zero-order valence-corrected chi connectivity index (χ0v) is 10.5. The van der Waals surface area contributed by atoms with Crippen molar-refractivity contribution in [1.82, 2.24) is 15.3 Å². The maximum Gasteiger partial charge on any atom is 0.119 e. The van der Waals surface area contributed by atoms with E-state index in [-0.39, 0.29) is 0 Å². The first kappa shape index (κ1) is 12.5. The van der Waals surface area contributed by atoms with Crippen LogP contribution in [0.3, 0.4) is 0 Å². The van der Waals surface area contributed by atoms with E-state index in [0.29, 0.717) is 6.61 Å². The van der Waals surface area contributed by atoms with Gasteiger partial charge in [0.05, 0.1) is 6.61 Å². The van der Waals surface area contributed by atoms with Crippen LogP contribution in [0, 0.1) is 0 Å². The molecule has 4 nitrogen and oxygen atoms in total. The van der Waals surface area contributed by atoms with Gasteiger partial charge in [-0.15, -0.1) is 0 Å². The Labute approximate surface area is 107 Å². The van der Waals surface area contributed by atoms with Crippen molar-refractivity contribution in [3.05, 3.63) is 54.1 Å². The molecular weight excluding hydrogens is 226 g/mol. The molecule has 2 aromatic rings. The summed E-state index contributed by atoms with van der Waals surface area (Å²) in [6.07, 6.45) is 5.17. The molecule has 0 bridgehead atoms. The van der Waals surface area contributed by atoms with Crippen molar-refractivity contribution in [1.29, 1.82) is 0 Å². The van der Waals surface area contributed by atoms with Gasteiger partial charge in [0.1, 0.15) is 12.1 Å². The zero-order chi connectivity index (χ0) is 12.6. The second-order valence-corrected chi connectivity index (χ2v) is 3.93. The highest BCUT2D eigenvalue weighted by Gasteiger charge is 1.97. The average molecular weight is 243 g/mol. The molecule has 0 saturated heterocycles. The third kappa shape index (κ3) is 3.82. The largest absolute Gasteiger partial charge is 0.494 e. The lowest BCUT2D eigenvalue weighted by atomic mass is 10.2. The lowest BCUT2D eigenvalue weighted by Crippen LogP contribution is -2.13. The zero-order valence-electron chi connectivity index (χ0n) is 10.5. The lowest BCUT2D eigenvalue weighted by molar-refractivity contribution is 0.340. The Bertz CT molecular complexity index is 473. The molecule has 0 unspecified atom stereocenters. The predicted octanol–water partition coefficient (Wildman–Crippen LogP) is 2.17. The van der Waals surface area contributed by atoms with Crippen LogP contribution in [0.25, 0.3) is 0 Å². The topological polar surface area (TPSA) is 47.0 Å². The molecule has 1 aromatic heterocycles. The van der Waals surface area contributed by atoms with E-state index in [2.05, 4.69) is 27.4 Å². The molecule has 1 aromatic carbocycles. The normalized spacial score (nSPS) is 10.3. The number of aromatic nitrogens is 2. The number of hydrogen-bond donors (Lipinski definition) is 1. The number of ether oxygens (including phenoxy) is 1. The molecule has 4 heteroatoms. The van der Waals surface area contributed by atoms with Crippen molar-refractivity contribution in [2.24, 2.45) is 0 Å². The molecule has 2 rings (SSSR count). The van der Waals surface area contributed by atoms with E-state index >= 15 is 0 Å². The summed E-state index contributed by atoms with van der Waals surface area (Å²) in [5.41, 5.74) is 2.29. The first-order chi connectivity index (χ1) is 8.88. The highest BCUT2D eigenvalue weighted by Crippen LogP contribution is 2.13. The number of nitrogens with one attached hydrogen (secondary N) is 1. The standard InChI is InChI=1S/C14H17N3O/c1-2-18-14-5-3-4-12(6-14)7-15-8-13-9-16-11-17-10-13/h3-6,9-11,15H,2,7-8H2,1H3. The highest BCUT2D eigenvalue weighted by molar-refractivity contribution is 5.28. The van der Waals surface area contributed by atoms with Gasteiger partial charge in [0.2, 0.25) is 0 Å². The van der Waals surface area contributed by atoms with Crippen LogP contribution in [0.5, 0.6) is 5.75 Å². The minimum atomic E-state index is 0.693. The summed E-state index contributed by atoms with van der Waals surface area (Å²) < 4.78 is 5.46. The fraction of sp³-hybridized carbons (Fsp3) is 0.286. The van der Waals surface area contributed by atoms with Gasteiger partial charge in [-0.2, -0.15) is 0 Å². The molecular formula is C14H17N3O. The van der Waals surface area contributed by atoms with Crippen LogP contribution in [0.2, 0.25) is 0 Å². The number of benzene rings is 1. The molecule has 0 amide bonds. The minimum Gasteiger partial charge on any atom is -0.494 e. The quantitative estimate of drug-likeness (QED) is 0.844. The highest BCUT2D eigenvalue weighted by atomic mass is 16.5. The molecule has 18 heavy (non-hydrogen) atoms. The molecule has 0 radical (unpaired) electrons. The summed E-state index contributed by atoms with van der Waals surface area (Å²) in [6.45, 7) is 4.24. The first-order valence-electron chi connectivity index (χ1n) is 6.05. The molecule has 94 valence electrons. The summed E-state index contributed by atoms with van der Waals surface area (Å²) in [5.74, 6) is 0.917. The Hall–Kier alpha value is -1.94. The fourth-order valence-corrected chi connectivity index (χ4v) is 1.68. The summed E-state index contributed by atoms with van der Waals surface area (Å²) in [5, 5.41) is 3.35. The summed E-state index contributed by atoms with van der Waals surface area (Å²) in [6, 6.07) is 8.11. The van der Waals surface area contributed by atoms with Gasteiger partial charge >= 0.3 is 0 Å². The van der Waals surface area contributed by atoms with Crippen LogP contribution in [0.15, 0.2) is 43.0 Å². The fourth-order valence-electron chi connectivity index (χ4n) is 1.68. The van der Waals surface area contributed by atoms with Crippen molar-refractivity contribution < 1.29 is 4.74 Å². The summed E-state index contributed by atoms with van der Waals surface area (Å²) in [4.78, 5) is 7.96. The van der Waals surface area contributed by atoms with E-state index in [1.165, 1.54) is 11.9 Å². The van der Waals surface area contributed by atoms with Crippen molar-refractivity contribution in [2.75, 3.05) is 6.61 Å². The van der Waals surface area contributed by atoms with E-state index in [0.717, 1.165) is 24.4 Å². The average Bonchev–Trinajstić information content (AvgIpc) is 2.41. The Balaban J connectivity index is 1.84. The SMILES string of the molecule is CCOc1cccc(CNCc2cncnc2)c1. The Morgan fingerprint density at radius 1 is 1.11 bits per heavy atom. The molecule has 1 N–H and O–H groups in total. The third-order valence-corrected chi connectivity index (χ3v) is 2.48. The van der Waals surface area contributed by atoms with E-state index < -0.39 is 0 Å². The van der Waals surface area contributed by atoms with E-state index in [1.54, 1.807) is 0 Å². The van der Waals surface area contributed by atoms with Crippen molar-refractivity contribution in [3.8, 4) is 5.75 Å². The van der Waals surface area contributed by atoms with Gasteiger partial charge in [0, 0.05) is 31.0 Å². The Morgan fingerprint density at radius 3 is 2.67 bits per heavy atom. The van der Waals surface area contributed by atoms with E-state index in [9.17, 15) is 0 Å². The van der Waals surface area contributed by atoms with Crippen molar-refractivity contribution in [2.45, 2.75) is 20.0 Å². The van der Waals surface area contributed by atoms with Gasteiger partial charge in [-0.05, 0) is 24.6 Å². The van der Waals surface area contributed by atoms with Crippen LogP contribution in [-0.4, -0.2) is 16.6 Å². The minimum absolute atomic E-state index is 0.693. The molecule has 0 aliphatic heterocycles. The van der Waals surface area contributed by atoms with Gasteiger partial charge in [-0.1, -0.05) is 12.1 Å². The predicted molar refractivity (Wildman–Crippen MR) is 70.2 cm³/mol. The van der Waals surface area contributed by atoms with E-state index in [4.69, 9.17) is 4.74 Å². The summed E-state index contributed by atoms with van der Waals surface area (Å²) in [7, 11) is 0. The number of nitrogens with zero attached hydrogens (tertiary/aromatic N) is 2. The molecule has 0 atom stereocenters. The van der Waals surface area contributed by atoms with Gasteiger partial charge in [-0.25, -0.2) is 9.97 Å². The second kappa shape index (κ2) is 6.71. The molecule has 0 aliphatic carbocycles.